The van der Waals surface area contributed by atoms with Crippen LogP contribution in [-0.2, 0) is 6.54 Å². The predicted molar refractivity (Wildman–Crippen MR) is 57.0 cm³/mol. The third-order valence-electron chi connectivity index (χ3n) is 2.11. The minimum atomic E-state index is -0.322. The molecule has 0 spiro atoms. The Balaban J connectivity index is 2.53. The highest BCUT2D eigenvalue weighted by atomic mass is 19.1. The van der Waals surface area contributed by atoms with Crippen LogP contribution in [0.3, 0.4) is 0 Å². The molecule has 4 heteroatoms. The Morgan fingerprint density at radius 3 is 2.93 bits per heavy atom. The molecule has 84 valence electrons. The Labute approximate surface area is 88.9 Å². The average Bonchev–Trinajstić information content (AvgIpc) is 2.26. The average molecular weight is 213 g/mol. The van der Waals surface area contributed by atoms with Gasteiger partial charge < -0.3 is 15.2 Å². The van der Waals surface area contributed by atoms with Crippen molar-refractivity contribution in [2.45, 2.75) is 13.0 Å². The predicted octanol–water partition coefficient (Wildman–Crippen LogP) is 1.85. The second-order valence-electron chi connectivity index (χ2n) is 3.19. The number of methoxy groups -OCH3 is 1. The van der Waals surface area contributed by atoms with E-state index in [1.807, 2.05) is 6.07 Å². The van der Waals surface area contributed by atoms with E-state index in [1.54, 1.807) is 12.1 Å². The topological polar surface area (TPSA) is 41.5 Å². The molecule has 0 heterocycles. The number of nitrogens with one attached hydrogen (secondary N) is 1. The smallest absolute Gasteiger partial charge is 0.162 e. The van der Waals surface area contributed by atoms with E-state index in [4.69, 9.17) is 4.74 Å². The van der Waals surface area contributed by atoms with Crippen molar-refractivity contribution in [2.75, 3.05) is 20.3 Å². The normalized spacial score (nSPS) is 10.3. The molecule has 3 nitrogen and oxygen atoms in total. The van der Waals surface area contributed by atoms with Crippen molar-refractivity contribution >= 4 is 0 Å². The number of aromatic hydroxyl groups is 1. The number of benzene rings is 1. The third-order valence-corrected chi connectivity index (χ3v) is 2.11. The Bertz CT molecular complexity index is 305. The first-order valence-corrected chi connectivity index (χ1v) is 4.91. The van der Waals surface area contributed by atoms with Crippen molar-refractivity contribution in [2.24, 2.45) is 0 Å². The molecule has 0 atom stereocenters. The lowest BCUT2D eigenvalue weighted by Crippen LogP contribution is -2.15. The van der Waals surface area contributed by atoms with E-state index < -0.39 is 0 Å². The number of halogens is 1. The minimum absolute atomic E-state index is 0.146. The molecule has 1 aromatic rings. The first-order valence-electron chi connectivity index (χ1n) is 4.91. The molecule has 0 aromatic heterocycles. The highest BCUT2D eigenvalue weighted by Crippen LogP contribution is 2.28. The monoisotopic (exact) mass is 213 g/mol. The molecular formula is C11H16FNO2. The number of phenols is 1. The second kappa shape index (κ2) is 6.24. The fourth-order valence-corrected chi connectivity index (χ4v) is 1.29. The van der Waals surface area contributed by atoms with Gasteiger partial charge in [0, 0.05) is 12.1 Å². The summed E-state index contributed by atoms with van der Waals surface area (Å²) >= 11 is 0. The van der Waals surface area contributed by atoms with Gasteiger partial charge in [-0.2, -0.15) is 0 Å². The molecule has 0 aliphatic heterocycles. The molecule has 0 aliphatic rings. The number of alkyl halides is 1. The van der Waals surface area contributed by atoms with E-state index in [0.717, 1.165) is 5.56 Å². The van der Waals surface area contributed by atoms with Crippen LogP contribution in [-0.4, -0.2) is 25.4 Å². The first kappa shape index (κ1) is 11.8. The second-order valence-corrected chi connectivity index (χ2v) is 3.19. The van der Waals surface area contributed by atoms with Crippen LogP contribution in [0, 0.1) is 0 Å². The van der Waals surface area contributed by atoms with Crippen LogP contribution in [0.2, 0.25) is 0 Å². The summed E-state index contributed by atoms with van der Waals surface area (Å²) in [5.41, 5.74) is 0.758. The molecule has 1 rings (SSSR count). The fraction of sp³-hybridized carbons (Fsp3) is 0.455. The molecule has 0 aliphatic carbocycles. The van der Waals surface area contributed by atoms with Crippen molar-refractivity contribution < 1.29 is 14.2 Å². The van der Waals surface area contributed by atoms with Crippen molar-refractivity contribution in [3.05, 3.63) is 23.8 Å². The number of ether oxygens (including phenoxy) is 1. The quantitative estimate of drug-likeness (QED) is 0.708. The molecular weight excluding hydrogens is 197 g/mol. The lowest BCUT2D eigenvalue weighted by molar-refractivity contribution is 0.369. The van der Waals surface area contributed by atoms with Gasteiger partial charge >= 0.3 is 0 Å². The van der Waals surface area contributed by atoms with E-state index in [0.29, 0.717) is 25.3 Å². The molecule has 0 amide bonds. The van der Waals surface area contributed by atoms with Gasteiger partial charge in [-0.15, -0.1) is 0 Å². The zero-order chi connectivity index (χ0) is 11.1. The maximum atomic E-state index is 11.8. The summed E-state index contributed by atoms with van der Waals surface area (Å²) in [6.45, 7) is 0.799. The number of phenolic OH excluding ortho intramolecular Hbond substituents is 1. The van der Waals surface area contributed by atoms with Gasteiger partial charge in [0.05, 0.1) is 13.8 Å². The van der Waals surface area contributed by atoms with Crippen molar-refractivity contribution in [1.82, 2.24) is 5.32 Å². The van der Waals surface area contributed by atoms with Gasteiger partial charge in [0.1, 0.15) is 0 Å². The van der Waals surface area contributed by atoms with Gasteiger partial charge in [-0.3, -0.25) is 4.39 Å². The highest BCUT2D eigenvalue weighted by molar-refractivity contribution is 5.45. The van der Waals surface area contributed by atoms with Crippen LogP contribution in [0.15, 0.2) is 18.2 Å². The molecule has 0 bridgehead atoms. The molecule has 15 heavy (non-hydrogen) atoms. The molecule has 0 saturated heterocycles. The number of hydrogen-bond donors (Lipinski definition) is 2. The molecule has 0 saturated carbocycles. The standard InChI is InChI=1S/C11H16FNO2/c1-15-10-5-2-4-9(11(10)14)8-13-7-3-6-12/h2,4-5,13-14H,3,6-8H2,1H3. The SMILES string of the molecule is COc1cccc(CNCCCF)c1O. The summed E-state index contributed by atoms with van der Waals surface area (Å²) in [5.74, 6) is 0.604. The lowest BCUT2D eigenvalue weighted by atomic mass is 10.2. The molecule has 0 fully saturated rings. The van der Waals surface area contributed by atoms with Crippen LogP contribution in [0.25, 0.3) is 0 Å². The van der Waals surface area contributed by atoms with E-state index in [-0.39, 0.29) is 12.4 Å². The molecule has 2 N–H and O–H groups in total. The summed E-state index contributed by atoms with van der Waals surface area (Å²) in [5, 5.41) is 12.7. The Hall–Kier alpha value is -1.29. The van der Waals surface area contributed by atoms with E-state index >= 15 is 0 Å². The summed E-state index contributed by atoms with van der Waals surface area (Å²) in [7, 11) is 1.51. The van der Waals surface area contributed by atoms with Gasteiger partial charge in [-0.25, -0.2) is 0 Å². The summed E-state index contributed by atoms with van der Waals surface area (Å²) < 4.78 is 16.8. The largest absolute Gasteiger partial charge is 0.504 e. The summed E-state index contributed by atoms with van der Waals surface area (Å²) in [6.07, 6.45) is 0.491. The van der Waals surface area contributed by atoms with Crippen LogP contribution in [0.4, 0.5) is 4.39 Å². The van der Waals surface area contributed by atoms with E-state index in [9.17, 15) is 9.50 Å². The van der Waals surface area contributed by atoms with Crippen LogP contribution in [0.5, 0.6) is 11.5 Å². The highest BCUT2D eigenvalue weighted by Gasteiger charge is 2.05. The lowest BCUT2D eigenvalue weighted by Gasteiger charge is -2.09. The van der Waals surface area contributed by atoms with Crippen molar-refractivity contribution in [1.29, 1.82) is 0 Å². The Morgan fingerprint density at radius 1 is 1.47 bits per heavy atom. The first-order chi connectivity index (χ1) is 7.29. The van der Waals surface area contributed by atoms with E-state index in [1.165, 1.54) is 7.11 Å². The Morgan fingerprint density at radius 2 is 2.27 bits per heavy atom. The number of hydrogen-bond acceptors (Lipinski definition) is 3. The van der Waals surface area contributed by atoms with Crippen molar-refractivity contribution in [3.8, 4) is 11.5 Å². The summed E-state index contributed by atoms with van der Waals surface area (Å²) in [4.78, 5) is 0. The molecule has 1 aromatic carbocycles. The minimum Gasteiger partial charge on any atom is -0.504 e. The summed E-state index contributed by atoms with van der Waals surface area (Å²) in [6, 6.07) is 5.31. The van der Waals surface area contributed by atoms with Gasteiger partial charge in [-0.05, 0) is 19.0 Å². The molecule has 0 unspecified atom stereocenters. The maximum Gasteiger partial charge on any atom is 0.162 e. The fourth-order valence-electron chi connectivity index (χ4n) is 1.29. The van der Waals surface area contributed by atoms with Gasteiger partial charge in [0.2, 0.25) is 0 Å². The van der Waals surface area contributed by atoms with Crippen LogP contribution in [0.1, 0.15) is 12.0 Å². The third kappa shape index (κ3) is 3.40. The van der Waals surface area contributed by atoms with Crippen molar-refractivity contribution in [3.63, 3.8) is 0 Å². The zero-order valence-electron chi connectivity index (χ0n) is 8.79. The Kier molecular flexibility index (Phi) is 4.90. The number of rotatable bonds is 6. The van der Waals surface area contributed by atoms with Gasteiger partial charge in [0.15, 0.2) is 11.5 Å². The van der Waals surface area contributed by atoms with E-state index in [2.05, 4.69) is 5.32 Å². The zero-order valence-corrected chi connectivity index (χ0v) is 8.79. The van der Waals surface area contributed by atoms with Gasteiger partial charge in [0.25, 0.3) is 0 Å². The van der Waals surface area contributed by atoms with Crippen LogP contribution < -0.4 is 10.1 Å². The maximum absolute atomic E-state index is 11.8. The number of para-hydroxylation sites is 1. The molecule has 0 radical (unpaired) electrons. The van der Waals surface area contributed by atoms with Crippen LogP contribution >= 0.6 is 0 Å². The van der Waals surface area contributed by atoms with Gasteiger partial charge in [-0.1, -0.05) is 12.1 Å².